The van der Waals surface area contributed by atoms with Crippen LogP contribution in [0.1, 0.15) is 43.5 Å². The van der Waals surface area contributed by atoms with Gasteiger partial charge in [-0.2, -0.15) is 0 Å². The molecule has 4 aromatic rings. The van der Waals surface area contributed by atoms with Crippen LogP contribution in [0.4, 0.5) is 5.69 Å². The first kappa shape index (κ1) is 19.9. The van der Waals surface area contributed by atoms with E-state index in [0.29, 0.717) is 11.7 Å². The first-order valence-electron chi connectivity index (χ1n) is 10.1. The highest BCUT2D eigenvalue weighted by atomic mass is 32.1. The van der Waals surface area contributed by atoms with Crippen molar-refractivity contribution in [1.29, 1.82) is 0 Å². The van der Waals surface area contributed by atoms with E-state index in [1.807, 2.05) is 0 Å². The molecule has 11 heteroatoms. The van der Waals surface area contributed by atoms with Crippen molar-refractivity contribution < 1.29 is 9.66 Å². The average Bonchev–Trinajstić information content (AvgIpc) is 3.40. The van der Waals surface area contributed by atoms with Crippen LogP contribution < -0.4 is 4.74 Å². The van der Waals surface area contributed by atoms with E-state index in [1.165, 1.54) is 28.4 Å². The molecule has 10 nitrogen and oxygen atoms in total. The first-order chi connectivity index (χ1) is 14.7. The number of aromatic nitrogens is 6. The summed E-state index contributed by atoms with van der Waals surface area (Å²) in [5.74, 6) is 1.14. The number of rotatable bonds is 4. The maximum Gasteiger partial charge on any atom is 0.350 e. The van der Waals surface area contributed by atoms with E-state index in [1.54, 1.807) is 22.2 Å². The molecular formula is C20H23N7O3S. The van der Waals surface area contributed by atoms with Crippen LogP contribution >= 0.6 is 11.3 Å². The lowest BCUT2D eigenvalue weighted by atomic mass is 9.72. The van der Waals surface area contributed by atoms with Gasteiger partial charge in [0.25, 0.3) is 0 Å². The minimum Gasteiger partial charge on any atom is -0.475 e. The molecule has 0 bridgehead atoms. The summed E-state index contributed by atoms with van der Waals surface area (Å²) >= 11 is 1.76. The van der Waals surface area contributed by atoms with E-state index in [-0.39, 0.29) is 23.5 Å². The molecule has 31 heavy (non-hydrogen) atoms. The predicted octanol–water partition coefficient (Wildman–Crippen LogP) is 3.65. The van der Waals surface area contributed by atoms with Gasteiger partial charge in [-0.3, -0.25) is 14.8 Å². The summed E-state index contributed by atoms with van der Waals surface area (Å²) in [7, 11) is 1.36. The van der Waals surface area contributed by atoms with Crippen LogP contribution in [0.25, 0.3) is 15.9 Å². The molecule has 4 aromatic heterocycles. The average molecular weight is 442 g/mol. The summed E-state index contributed by atoms with van der Waals surface area (Å²) in [6.07, 6.45) is 6.26. The lowest BCUT2D eigenvalue weighted by Gasteiger charge is -2.33. The molecule has 0 saturated carbocycles. The molecule has 1 atom stereocenters. The highest BCUT2D eigenvalue weighted by Gasteiger charge is 2.32. The molecule has 0 fully saturated rings. The minimum atomic E-state index is -0.518. The molecule has 0 N–H and O–H groups in total. The van der Waals surface area contributed by atoms with E-state index in [9.17, 15) is 10.1 Å². The van der Waals surface area contributed by atoms with Crippen LogP contribution in [0.5, 0.6) is 5.88 Å². The van der Waals surface area contributed by atoms with Gasteiger partial charge in [0.2, 0.25) is 0 Å². The summed E-state index contributed by atoms with van der Waals surface area (Å²) in [6.45, 7) is 7.13. The second kappa shape index (κ2) is 6.98. The fourth-order valence-electron chi connectivity index (χ4n) is 4.31. The normalized spacial score (nSPS) is 16.7. The standard InChI is InChI=1S/C20H23N7O3S/c1-20(2,3)11-5-6-12-14(7-11)31-19-16(12)17-22-15(23-26(17)10-21-19)9-25-8-13(27(28)29)18(24-25)30-4/h8,10-11H,5-7,9H2,1-4H3. The van der Waals surface area contributed by atoms with Gasteiger partial charge in [0, 0.05) is 4.88 Å². The molecule has 1 aliphatic carbocycles. The Hall–Kier alpha value is -3.08. The topological polar surface area (TPSA) is 113 Å². The SMILES string of the molecule is COc1nn(Cc2nc3c4c5c(sc4ncn3n2)CC(C(C)(C)C)CC5)cc1[N+](=O)[O-]. The number of fused-ring (bicyclic) bond motifs is 5. The second-order valence-electron chi connectivity index (χ2n) is 9.01. The van der Waals surface area contributed by atoms with E-state index in [2.05, 4.69) is 36.0 Å². The highest BCUT2D eigenvalue weighted by Crippen LogP contribution is 2.43. The number of thiophene rings is 1. The van der Waals surface area contributed by atoms with Gasteiger partial charge in [-0.25, -0.2) is 14.5 Å². The Morgan fingerprint density at radius 1 is 1.35 bits per heavy atom. The van der Waals surface area contributed by atoms with Gasteiger partial charge < -0.3 is 4.74 Å². The number of nitrogens with zero attached hydrogens (tertiary/aromatic N) is 7. The Labute approximate surface area is 182 Å². The third kappa shape index (κ3) is 3.32. The Morgan fingerprint density at radius 3 is 2.84 bits per heavy atom. The molecule has 0 saturated heterocycles. The summed E-state index contributed by atoms with van der Waals surface area (Å²) in [5, 5.41) is 20.9. The number of ether oxygens (including phenoxy) is 1. The third-order valence-electron chi connectivity index (χ3n) is 6.06. The summed E-state index contributed by atoms with van der Waals surface area (Å²) in [6, 6.07) is 0. The maximum absolute atomic E-state index is 11.2. The summed E-state index contributed by atoms with van der Waals surface area (Å²) in [5.41, 5.74) is 2.22. The van der Waals surface area contributed by atoms with Crippen molar-refractivity contribution in [2.24, 2.45) is 11.3 Å². The van der Waals surface area contributed by atoms with E-state index < -0.39 is 4.92 Å². The fraction of sp³-hybridized carbons (Fsp3) is 0.500. The monoisotopic (exact) mass is 441 g/mol. The molecule has 0 amide bonds. The molecule has 4 heterocycles. The van der Waals surface area contributed by atoms with Gasteiger partial charge in [0.1, 0.15) is 23.9 Å². The number of hydrogen-bond acceptors (Lipinski definition) is 8. The Kier molecular flexibility index (Phi) is 4.47. The molecule has 162 valence electrons. The molecule has 0 aromatic carbocycles. The summed E-state index contributed by atoms with van der Waals surface area (Å²) in [4.78, 5) is 22.4. The molecule has 1 unspecified atom stereocenters. The fourth-order valence-corrected chi connectivity index (χ4v) is 5.58. The van der Waals surface area contributed by atoms with Crippen molar-refractivity contribution in [3.8, 4) is 5.88 Å². The molecule has 1 aliphatic rings. The third-order valence-corrected chi connectivity index (χ3v) is 7.22. The number of nitro groups is 1. The molecular weight excluding hydrogens is 418 g/mol. The number of aryl methyl sites for hydroxylation is 1. The minimum absolute atomic E-state index is 0.0295. The predicted molar refractivity (Wildman–Crippen MR) is 116 cm³/mol. The van der Waals surface area contributed by atoms with Gasteiger partial charge >= 0.3 is 11.6 Å². The highest BCUT2D eigenvalue weighted by molar-refractivity contribution is 7.19. The smallest absolute Gasteiger partial charge is 0.350 e. The van der Waals surface area contributed by atoms with Crippen molar-refractivity contribution in [1.82, 2.24) is 29.4 Å². The molecule has 0 radical (unpaired) electrons. The Morgan fingerprint density at radius 2 is 2.16 bits per heavy atom. The van der Waals surface area contributed by atoms with Gasteiger partial charge in [-0.05, 0) is 36.2 Å². The molecule has 5 rings (SSSR count). The van der Waals surface area contributed by atoms with E-state index >= 15 is 0 Å². The lowest BCUT2D eigenvalue weighted by molar-refractivity contribution is -0.385. The van der Waals surface area contributed by atoms with Gasteiger partial charge in [-0.1, -0.05) is 20.8 Å². The van der Waals surface area contributed by atoms with Gasteiger partial charge in [-0.15, -0.1) is 21.5 Å². The van der Waals surface area contributed by atoms with Gasteiger partial charge in [0.15, 0.2) is 11.5 Å². The van der Waals surface area contributed by atoms with E-state index in [0.717, 1.165) is 35.1 Å². The molecule has 0 aliphatic heterocycles. The Balaban J connectivity index is 1.53. The van der Waals surface area contributed by atoms with E-state index in [4.69, 9.17) is 9.72 Å². The van der Waals surface area contributed by atoms with Crippen molar-refractivity contribution >= 4 is 32.9 Å². The van der Waals surface area contributed by atoms with Gasteiger partial charge in [0.05, 0.1) is 17.4 Å². The van der Waals surface area contributed by atoms with Crippen molar-refractivity contribution in [2.45, 2.75) is 46.6 Å². The quantitative estimate of drug-likeness (QED) is 0.351. The van der Waals surface area contributed by atoms with Crippen LogP contribution in [0.2, 0.25) is 0 Å². The number of hydrogen-bond donors (Lipinski definition) is 0. The molecule has 0 spiro atoms. The maximum atomic E-state index is 11.2. The Bertz CT molecular complexity index is 1310. The summed E-state index contributed by atoms with van der Waals surface area (Å²) < 4.78 is 8.11. The van der Waals surface area contributed by atoms with Crippen LogP contribution in [0.3, 0.4) is 0 Å². The number of methoxy groups -OCH3 is 1. The van der Waals surface area contributed by atoms with Crippen LogP contribution in [-0.2, 0) is 19.4 Å². The van der Waals surface area contributed by atoms with Crippen molar-refractivity contribution in [3.05, 3.63) is 38.9 Å². The largest absolute Gasteiger partial charge is 0.475 e. The lowest BCUT2D eigenvalue weighted by Crippen LogP contribution is -2.26. The first-order valence-corrected chi connectivity index (χ1v) is 11.0. The zero-order chi connectivity index (χ0) is 21.9. The second-order valence-corrected chi connectivity index (χ2v) is 10.1. The van der Waals surface area contributed by atoms with Crippen LogP contribution in [-0.4, -0.2) is 41.4 Å². The van der Waals surface area contributed by atoms with Crippen molar-refractivity contribution in [2.75, 3.05) is 7.11 Å². The zero-order valence-corrected chi connectivity index (χ0v) is 18.6. The zero-order valence-electron chi connectivity index (χ0n) is 17.8. The van der Waals surface area contributed by atoms with Crippen molar-refractivity contribution in [3.63, 3.8) is 0 Å². The van der Waals surface area contributed by atoms with Crippen LogP contribution in [0.15, 0.2) is 12.5 Å². The van der Waals surface area contributed by atoms with Crippen LogP contribution in [0, 0.1) is 21.4 Å².